The molecule has 0 fully saturated rings. The van der Waals surface area contributed by atoms with Gasteiger partial charge in [-0.15, -0.1) is 0 Å². The Bertz CT molecular complexity index is 708. The molecule has 0 aliphatic rings. The Morgan fingerprint density at radius 3 is 2.04 bits per heavy atom. The maximum Gasteiger partial charge on any atom is 0.335 e. The first kappa shape index (κ1) is 17.2. The molecule has 2 aromatic rings. The van der Waals surface area contributed by atoms with E-state index >= 15 is 0 Å². The average Bonchev–Trinajstić information content (AvgIpc) is 2.49. The maximum atomic E-state index is 11.7. The summed E-state index contributed by atoms with van der Waals surface area (Å²) < 4.78 is 22.1. The highest BCUT2D eigenvalue weighted by Gasteiger charge is 2.18. The van der Waals surface area contributed by atoms with Crippen LogP contribution in [-0.4, -0.2) is 22.6 Å². The molecule has 0 bridgehead atoms. The standard InChI is InChI=1S/C16H17O6P/c1-2-21-23(19,20)11-12-3-7-14(8-4-12)22-15-9-5-13(6-10-15)16(17)18/h3-10H,2,11H2,1H3,(H,17,18)(H,19,20). The van der Waals surface area contributed by atoms with Crippen molar-refractivity contribution < 1.29 is 28.6 Å². The van der Waals surface area contributed by atoms with E-state index in [9.17, 15) is 14.3 Å². The van der Waals surface area contributed by atoms with Crippen LogP contribution in [0.5, 0.6) is 11.5 Å². The van der Waals surface area contributed by atoms with Crippen molar-refractivity contribution in [2.45, 2.75) is 13.1 Å². The number of carboxylic acid groups (broad SMARTS) is 1. The van der Waals surface area contributed by atoms with Crippen molar-refractivity contribution in [2.24, 2.45) is 0 Å². The molecule has 0 saturated heterocycles. The normalized spacial score (nSPS) is 13.3. The van der Waals surface area contributed by atoms with Crippen LogP contribution in [0.3, 0.4) is 0 Å². The molecular formula is C16H17O6P. The Hall–Kier alpha value is -2.14. The second kappa shape index (κ2) is 7.42. The van der Waals surface area contributed by atoms with E-state index in [1.165, 1.54) is 12.1 Å². The van der Waals surface area contributed by atoms with Crippen molar-refractivity contribution in [2.75, 3.05) is 6.61 Å². The van der Waals surface area contributed by atoms with E-state index < -0.39 is 13.6 Å². The lowest BCUT2D eigenvalue weighted by atomic mass is 10.2. The van der Waals surface area contributed by atoms with Gasteiger partial charge in [-0.2, -0.15) is 0 Å². The number of carbonyl (C=O) groups is 1. The molecule has 0 aromatic heterocycles. The summed E-state index contributed by atoms with van der Waals surface area (Å²) in [7, 11) is -3.61. The van der Waals surface area contributed by atoms with E-state index in [0.717, 1.165) is 0 Å². The van der Waals surface area contributed by atoms with Gasteiger partial charge in [0.1, 0.15) is 11.5 Å². The zero-order valence-electron chi connectivity index (χ0n) is 12.5. The number of rotatable bonds is 7. The Morgan fingerprint density at radius 1 is 1.04 bits per heavy atom. The Morgan fingerprint density at radius 2 is 1.57 bits per heavy atom. The highest BCUT2D eigenvalue weighted by molar-refractivity contribution is 7.51. The van der Waals surface area contributed by atoms with Crippen LogP contribution < -0.4 is 4.74 Å². The van der Waals surface area contributed by atoms with E-state index in [0.29, 0.717) is 17.1 Å². The van der Waals surface area contributed by atoms with E-state index in [2.05, 4.69) is 0 Å². The van der Waals surface area contributed by atoms with Gasteiger partial charge in [0.25, 0.3) is 0 Å². The van der Waals surface area contributed by atoms with Gasteiger partial charge in [0.2, 0.25) is 0 Å². The predicted molar refractivity (Wildman–Crippen MR) is 85.1 cm³/mol. The van der Waals surface area contributed by atoms with Crippen LogP contribution in [-0.2, 0) is 15.3 Å². The average molecular weight is 336 g/mol. The van der Waals surface area contributed by atoms with Gasteiger partial charge in [0, 0.05) is 0 Å². The van der Waals surface area contributed by atoms with Gasteiger partial charge in [-0.05, 0) is 48.9 Å². The second-order valence-electron chi connectivity index (χ2n) is 4.79. The van der Waals surface area contributed by atoms with E-state index in [-0.39, 0.29) is 18.3 Å². The molecular weight excluding hydrogens is 319 g/mol. The molecule has 2 aromatic carbocycles. The van der Waals surface area contributed by atoms with Crippen molar-refractivity contribution in [1.82, 2.24) is 0 Å². The first-order valence-electron chi connectivity index (χ1n) is 6.96. The van der Waals surface area contributed by atoms with E-state index in [4.69, 9.17) is 14.4 Å². The predicted octanol–water partition coefficient (Wildman–Crippen LogP) is 3.90. The van der Waals surface area contributed by atoms with Crippen LogP contribution in [0.1, 0.15) is 22.8 Å². The third-order valence-corrected chi connectivity index (χ3v) is 4.40. The lowest BCUT2D eigenvalue weighted by Gasteiger charge is -2.11. The summed E-state index contributed by atoms with van der Waals surface area (Å²) in [5.74, 6) is 0.0505. The van der Waals surface area contributed by atoms with Gasteiger partial charge in [0.15, 0.2) is 0 Å². The van der Waals surface area contributed by atoms with Gasteiger partial charge >= 0.3 is 13.6 Å². The molecule has 0 aliphatic carbocycles. The molecule has 0 radical (unpaired) electrons. The summed E-state index contributed by atoms with van der Waals surface area (Å²) in [6.45, 7) is 1.84. The number of ether oxygens (including phenoxy) is 1. The van der Waals surface area contributed by atoms with Crippen molar-refractivity contribution in [3.8, 4) is 11.5 Å². The highest BCUT2D eigenvalue weighted by Crippen LogP contribution is 2.45. The van der Waals surface area contributed by atoms with Crippen LogP contribution in [0.15, 0.2) is 48.5 Å². The maximum absolute atomic E-state index is 11.7. The zero-order valence-corrected chi connectivity index (χ0v) is 13.4. The number of carboxylic acids is 1. The van der Waals surface area contributed by atoms with Crippen LogP contribution in [0.2, 0.25) is 0 Å². The molecule has 2 rings (SSSR count). The van der Waals surface area contributed by atoms with Gasteiger partial charge in [-0.25, -0.2) is 4.79 Å². The van der Waals surface area contributed by atoms with Gasteiger partial charge in [0.05, 0.1) is 18.3 Å². The molecule has 6 nitrogen and oxygen atoms in total. The fraction of sp³-hybridized carbons (Fsp3) is 0.188. The third kappa shape index (κ3) is 5.21. The molecule has 0 aliphatic heterocycles. The molecule has 23 heavy (non-hydrogen) atoms. The van der Waals surface area contributed by atoms with Crippen LogP contribution in [0.25, 0.3) is 0 Å². The quantitative estimate of drug-likeness (QED) is 0.745. The number of hydrogen-bond acceptors (Lipinski definition) is 4. The summed E-state index contributed by atoms with van der Waals surface area (Å²) in [4.78, 5) is 20.4. The lowest BCUT2D eigenvalue weighted by Crippen LogP contribution is -1.95. The van der Waals surface area contributed by atoms with Crippen molar-refractivity contribution >= 4 is 13.6 Å². The van der Waals surface area contributed by atoms with E-state index in [1.807, 2.05) is 0 Å². The van der Waals surface area contributed by atoms with Gasteiger partial charge < -0.3 is 19.3 Å². The molecule has 2 N–H and O–H groups in total. The fourth-order valence-corrected chi connectivity index (χ4v) is 3.11. The smallest absolute Gasteiger partial charge is 0.335 e. The van der Waals surface area contributed by atoms with E-state index in [1.54, 1.807) is 43.3 Å². The van der Waals surface area contributed by atoms with Gasteiger partial charge in [-0.3, -0.25) is 4.57 Å². The zero-order chi connectivity index (χ0) is 16.9. The molecule has 0 amide bonds. The summed E-state index contributed by atoms with van der Waals surface area (Å²) >= 11 is 0. The van der Waals surface area contributed by atoms with Crippen molar-refractivity contribution in [3.05, 3.63) is 59.7 Å². The lowest BCUT2D eigenvalue weighted by molar-refractivity contribution is 0.0697. The molecule has 122 valence electrons. The number of benzene rings is 2. The minimum atomic E-state index is -3.61. The topological polar surface area (TPSA) is 93.1 Å². The van der Waals surface area contributed by atoms with Crippen molar-refractivity contribution in [1.29, 1.82) is 0 Å². The largest absolute Gasteiger partial charge is 0.478 e. The summed E-state index contributed by atoms with van der Waals surface area (Å²) in [6, 6.07) is 12.7. The van der Waals surface area contributed by atoms with Gasteiger partial charge in [-0.1, -0.05) is 12.1 Å². The fourth-order valence-electron chi connectivity index (χ4n) is 1.94. The SMILES string of the molecule is CCOP(=O)(O)Cc1ccc(Oc2ccc(C(=O)O)cc2)cc1. The first-order chi connectivity index (χ1) is 10.9. The molecule has 0 spiro atoms. The molecule has 0 heterocycles. The number of aromatic carboxylic acids is 1. The van der Waals surface area contributed by atoms with Crippen molar-refractivity contribution in [3.63, 3.8) is 0 Å². The number of hydrogen-bond donors (Lipinski definition) is 2. The first-order valence-corrected chi connectivity index (χ1v) is 8.72. The minimum absolute atomic E-state index is 0.0611. The Kier molecular flexibility index (Phi) is 5.55. The van der Waals surface area contributed by atoms with Crippen LogP contribution in [0.4, 0.5) is 0 Å². The summed E-state index contributed by atoms with van der Waals surface area (Å²) in [5, 5.41) is 8.83. The Labute approximate surface area is 133 Å². The third-order valence-electron chi connectivity index (χ3n) is 2.97. The molecule has 7 heteroatoms. The summed E-state index contributed by atoms with van der Waals surface area (Å²) in [6.07, 6.45) is -0.0611. The van der Waals surface area contributed by atoms with Crippen LogP contribution in [0, 0.1) is 0 Å². The summed E-state index contributed by atoms with van der Waals surface area (Å²) in [5.41, 5.74) is 0.847. The monoisotopic (exact) mass is 336 g/mol. The highest BCUT2D eigenvalue weighted by atomic mass is 31.2. The molecule has 0 saturated carbocycles. The molecule has 1 unspecified atom stereocenters. The minimum Gasteiger partial charge on any atom is -0.478 e. The second-order valence-corrected chi connectivity index (χ2v) is 6.64. The molecule has 1 atom stereocenters. The van der Waals surface area contributed by atoms with Crippen LogP contribution >= 0.6 is 7.60 Å². The Balaban J connectivity index is 2.02.